The number of halogens is 1. The molecule has 112 valence electrons. The van der Waals surface area contributed by atoms with Gasteiger partial charge in [-0.3, -0.25) is 4.90 Å². The van der Waals surface area contributed by atoms with Crippen LogP contribution in [-0.2, 0) is 16.1 Å². The Balaban J connectivity index is 1.88. The fraction of sp³-hybridized carbons (Fsp3) is 0.438. The lowest BCUT2D eigenvalue weighted by Gasteiger charge is -2.25. The van der Waals surface area contributed by atoms with E-state index in [4.69, 9.17) is 9.47 Å². The van der Waals surface area contributed by atoms with Crippen molar-refractivity contribution in [3.63, 3.8) is 0 Å². The summed E-state index contributed by atoms with van der Waals surface area (Å²) in [6.07, 6.45) is 0.327. The second-order valence-electron chi connectivity index (χ2n) is 4.67. The summed E-state index contributed by atoms with van der Waals surface area (Å²) in [5.41, 5.74) is 0.977. The van der Waals surface area contributed by atoms with Gasteiger partial charge in [0.2, 0.25) is 0 Å². The number of hydrogen-bond acceptors (Lipinski definition) is 3. The highest BCUT2D eigenvalue weighted by molar-refractivity contribution is 14.1. The Bertz CT molecular complexity index is 523. The second-order valence-corrected chi connectivity index (χ2v) is 6.27. The number of nitrogens with zero attached hydrogens (tertiary/aromatic N) is 1. The highest BCUT2D eigenvalue weighted by Crippen LogP contribution is 2.26. The lowest BCUT2D eigenvalue weighted by molar-refractivity contribution is -0.0161. The van der Waals surface area contributed by atoms with Crippen LogP contribution in [0.3, 0.4) is 0 Å². The van der Waals surface area contributed by atoms with Crippen molar-refractivity contribution >= 4 is 28.7 Å². The summed E-state index contributed by atoms with van der Waals surface area (Å²) in [6, 6.07) is 9.65. The molecule has 0 N–H and O–H groups in total. The zero-order valence-electron chi connectivity index (χ0n) is 11.9. The molecule has 0 aromatic heterocycles. The van der Waals surface area contributed by atoms with Gasteiger partial charge in [-0.05, 0) is 18.9 Å². The topological polar surface area (TPSA) is 38.8 Å². The summed E-state index contributed by atoms with van der Waals surface area (Å²) in [4.78, 5) is 13.8. The minimum absolute atomic E-state index is 0.255. The number of benzene rings is 1. The molecule has 0 spiro atoms. The number of carbonyl (C=O) groups is 1. The fourth-order valence-electron chi connectivity index (χ4n) is 2.12. The van der Waals surface area contributed by atoms with Crippen LogP contribution in [0.15, 0.2) is 30.3 Å². The van der Waals surface area contributed by atoms with E-state index in [9.17, 15) is 4.79 Å². The molecule has 1 aromatic rings. The van der Waals surface area contributed by atoms with Crippen LogP contribution in [0, 0.1) is 11.8 Å². The van der Waals surface area contributed by atoms with Gasteiger partial charge >= 0.3 is 6.09 Å². The quantitative estimate of drug-likeness (QED) is 0.444. The summed E-state index contributed by atoms with van der Waals surface area (Å²) in [7, 11) is 0. The predicted octanol–water partition coefficient (Wildman–Crippen LogP) is 3.20. The molecule has 0 saturated carbocycles. The van der Waals surface area contributed by atoms with E-state index in [0.717, 1.165) is 12.0 Å². The van der Waals surface area contributed by atoms with Crippen LogP contribution < -0.4 is 0 Å². The third-order valence-electron chi connectivity index (χ3n) is 3.21. The fourth-order valence-corrected chi connectivity index (χ4v) is 2.99. The summed E-state index contributed by atoms with van der Waals surface area (Å²) in [5.74, 6) is 5.64. The first-order chi connectivity index (χ1) is 10.2. The standard InChI is InChI=1S/C16H18INO3/c1-2-3-11-20-15-14(17)9-10-18(15)16(19)21-12-13-7-5-4-6-8-13/h4-8,14-15H,9-12H2,1H3/t14-,15+/m1/s1. The maximum atomic E-state index is 12.2. The second kappa shape index (κ2) is 8.25. The van der Waals surface area contributed by atoms with Gasteiger partial charge in [-0.15, -0.1) is 5.92 Å². The number of hydrogen-bond donors (Lipinski definition) is 0. The molecule has 0 unspecified atom stereocenters. The molecule has 0 radical (unpaired) electrons. The highest BCUT2D eigenvalue weighted by atomic mass is 127. The molecule has 2 atom stereocenters. The Kier molecular flexibility index (Phi) is 6.33. The lowest BCUT2D eigenvalue weighted by atomic mass is 10.2. The Labute approximate surface area is 138 Å². The lowest BCUT2D eigenvalue weighted by Crippen LogP contribution is -2.40. The van der Waals surface area contributed by atoms with Crippen molar-refractivity contribution in [3.05, 3.63) is 35.9 Å². The van der Waals surface area contributed by atoms with Crippen LogP contribution in [0.4, 0.5) is 4.79 Å². The van der Waals surface area contributed by atoms with Gasteiger partial charge in [0.05, 0.1) is 3.92 Å². The van der Waals surface area contributed by atoms with E-state index < -0.39 is 0 Å². The Morgan fingerprint density at radius 3 is 2.90 bits per heavy atom. The van der Waals surface area contributed by atoms with E-state index in [2.05, 4.69) is 34.4 Å². The van der Waals surface area contributed by atoms with Gasteiger partial charge in [0.25, 0.3) is 0 Å². The third kappa shape index (κ3) is 4.61. The van der Waals surface area contributed by atoms with Crippen molar-refractivity contribution in [2.45, 2.75) is 30.1 Å². The Morgan fingerprint density at radius 1 is 1.43 bits per heavy atom. The van der Waals surface area contributed by atoms with Crippen molar-refractivity contribution in [2.24, 2.45) is 0 Å². The van der Waals surface area contributed by atoms with E-state index in [1.54, 1.807) is 11.8 Å². The SMILES string of the molecule is CC#CCO[C@H]1[C@H](I)CCN1C(=O)OCc1ccccc1. The van der Waals surface area contributed by atoms with Crippen molar-refractivity contribution in [3.8, 4) is 11.8 Å². The molecule has 1 fully saturated rings. The normalized spacial score (nSPS) is 20.8. The maximum Gasteiger partial charge on any atom is 0.412 e. The number of alkyl halides is 1. The number of amides is 1. The first kappa shape index (κ1) is 16.1. The molecule has 1 amide bonds. The summed E-state index contributed by atoms with van der Waals surface area (Å²) < 4.78 is 11.3. The van der Waals surface area contributed by atoms with Crippen molar-refractivity contribution < 1.29 is 14.3 Å². The molecule has 0 bridgehead atoms. The highest BCUT2D eigenvalue weighted by Gasteiger charge is 2.37. The molecule has 1 heterocycles. The number of carbonyl (C=O) groups excluding carboxylic acids is 1. The average Bonchev–Trinajstić information content (AvgIpc) is 2.87. The molecule has 4 nitrogen and oxygen atoms in total. The van der Waals surface area contributed by atoms with Gasteiger partial charge in [-0.1, -0.05) is 58.8 Å². The summed E-state index contributed by atoms with van der Waals surface area (Å²) in [6.45, 7) is 3.05. The zero-order chi connectivity index (χ0) is 15.1. The van der Waals surface area contributed by atoms with Crippen LogP contribution in [0.5, 0.6) is 0 Å². The van der Waals surface area contributed by atoms with E-state index in [1.807, 2.05) is 30.3 Å². The van der Waals surface area contributed by atoms with E-state index in [-0.39, 0.29) is 22.9 Å². The van der Waals surface area contributed by atoms with Crippen molar-refractivity contribution in [2.75, 3.05) is 13.2 Å². The third-order valence-corrected chi connectivity index (χ3v) is 4.44. The number of rotatable bonds is 4. The first-order valence-electron chi connectivity index (χ1n) is 6.85. The molecule has 0 aliphatic carbocycles. The Morgan fingerprint density at radius 2 is 2.19 bits per heavy atom. The Hall–Kier alpha value is -1.26. The van der Waals surface area contributed by atoms with Crippen molar-refractivity contribution in [1.29, 1.82) is 0 Å². The minimum Gasteiger partial charge on any atom is -0.444 e. The van der Waals surface area contributed by atoms with E-state index in [1.165, 1.54) is 0 Å². The average molecular weight is 399 g/mol. The molecule has 21 heavy (non-hydrogen) atoms. The van der Waals surface area contributed by atoms with Crippen LogP contribution in [0.25, 0.3) is 0 Å². The maximum absolute atomic E-state index is 12.2. The van der Waals surface area contributed by atoms with E-state index >= 15 is 0 Å². The van der Waals surface area contributed by atoms with Crippen LogP contribution in [-0.4, -0.2) is 34.3 Å². The van der Waals surface area contributed by atoms with Gasteiger partial charge < -0.3 is 9.47 Å². The molecule has 1 saturated heterocycles. The minimum atomic E-state index is -0.326. The van der Waals surface area contributed by atoms with Gasteiger partial charge in [0.1, 0.15) is 19.4 Å². The molecule has 1 aromatic carbocycles. The summed E-state index contributed by atoms with van der Waals surface area (Å²) >= 11 is 2.31. The predicted molar refractivity (Wildman–Crippen MR) is 88.9 cm³/mol. The molecular formula is C16H18INO3. The summed E-state index contributed by atoms with van der Waals surface area (Å²) in [5, 5.41) is 0. The molecule has 1 aliphatic heterocycles. The first-order valence-corrected chi connectivity index (χ1v) is 8.09. The van der Waals surface area contributed by atoms with Crippen LogP contribution >= 0.6 is 22.6 Å². The molecule has 5 heteroatoms. The largest absolute Gasteiger partial charge is 0.444 e. The smallest absolute Gasteiger partial charge is 0.412 e. The van der Waals surface area contributed by atoms with Gasteiger partial charge in [-0.2, -0.15) is 0 Å². The zero-order valence-corrected chi connectivity index (χ0v) is 14.1. The molecule has 1 aliphatic rings. The molecular weight excluding hydrogens is 381 g/mol. The van der Waals surface area contributed by atoms with Crippen molar-refractivity contribution in [1.82, 2.24) is 4.90 Å². The van der Waals surface area contributed by atoms with E-state index in [0.29, 0.717) is 13.2 Å². The monoisotopic (exact) mass is 399 g/mol. The van der Waals surface area contributed by atoms with Gasteiger partial charge in [0.15, 0.2) is 0 Å². The molecule has 2 rings (SSSR count). The number of ether oxygens (including phenoxy) is 2. The van der Waals surface area contributed by atoms with Crippen LogP contribution in [0.2, 0.25) is 0 Å². The number of likely N-dealkylation sites (tertiary alicyclic amines) is 1. The van der Waals surface area contributed by atoms with Gasteiger partial charge in [0, 0.05) is 6.54 Å². The van der Waals surface area contributed by atoms with Crippen LogP contribution in [0.1, 0.15) is 18.9 Å². The van der Waals surface area contributed by atoms with Gasteiger partial charge in [-0.25, -0.2) is 4.79 Å².